The van der Waals surface area contributed by atoms with E-state index in [1.807, 2.05) is 56.3 Å². The van der Waals surface area contributed by atoms with Gasteiger partial charge in [0.1, 0.15) is 5.82 Å². The second-order valence-corrected chi connectivity index (χ2v) is 6.99. The smallest absolute Gasteiger partial charge is 0.230 e. The van der Waals surface area contributed by atoms with Gasteiger partial charge in [0.15, 0.2) is 0 Å². The number of hydrogen-bond acceptors (Lipinski definition) is 3. The molecule has 0 aliphatic rings. The molecular formula is C19H23FN2OS. The predicted molar refractivity (Wildman–Crippen MR) is 97.7 cm³/mol. The highest BCUT2D eigenvalue weighted by Gasteiger charge is 2.16. The largest absolute Gasteiger partial charge is 0.353 e. The summed E-state index contributed by atoms with van der Waals surface area (Å²) >= 11 is 1.51. The Morgan fingerprint density at radius 1 is 1.21 bits per heavy atom. The van der Waals surface area contributed by atoms with Gasteiger partial charge in [0.25, 0.3) is 0 Å². The number of carbonyl (C=O) groups excluding carboxylic acids is 1. The first-order chi connectivity index (χ1) is 11.5. The van der Waals surface area contributed by atoms with Crippen LogP contribution in [-0.2, 0) is 4.79 Å². The van der Waals surface area contributed by atoms with Gasteiger partial charge in [-0.05, 0) is 50.8 Å². The molecule has 128 valence electrons. The van der Waals surface area contributed by atoms with Crippen LogP contribution in [0.2, 0.25) is 0 Å². The number of carbonyl (C=O) groups is 1. The lowest BCUT2D eigenvalue weighted by atomic mass is 10.1. The van der Waals surface area contributed by atoms with Crippen molar-refractivity contribution in [2.24, 2.45) is 0 Å². The zero-order chi connectivity index (χ0) is 17.5. The molecule has 0 heterocycles. The Bertz CT molecular complexity index is 673. The van der Waals surface area contributed by atoms with Gasteiger partial charge in [-0.25, -0.2) is 4.39 Å². The van der Waals surface area contributed by atoms with Gasteiger partial charge in [0.05, 0.1) is 11.8 Å². The summed E-state index contributed by atoms with van der Waals surface area (Å²) in [4.78, 5) is 15.1. The molecule has 1 atom stereocenters. The number of amides is 1. The average Bonchev–Trinajstić information content (AvgIpc) is 2.54. The van der Waals surface area contributed by atoms with Gasteiger partial charge in [-0.2, -0.15) is 0 Å². The SMILES string of the molecule is Cc1ccc(SCC(=O)NCC(c2cccc(F)c2)N(C)C)cc1. The van der Waals surface area contributed by atoms with Crippen molar-refractivity contribution in [3.63, 3.8) is 0 Å². The Balaban J connectivity index is 1.87. The van der Waals surface area contributed by atoms with E-state index in [-0.39, 0.29) is 17.8 Å². The minimum atomic E-state index is -0.263. The summed E-state index contributed by atoms with van der Waals surface area (Å²) in [6.07, 6.45) is 0. The van der Waals surface area contributed by atoms with Crippen molar-refractivity contribution in [3.05, 3.63) is 65.5 Å². The molecule has 2 aromatic carbocycles. The van der Waals surface area contributed by atoms with Crippen LogP contribution in [-0.4, -0.2) is 37.2 Å². The molecule has 24 heavy (non-hydrogen) atoms. The average molecular weight is 346 g/mol. The Labute approximate surface area is 147 Å². The van der Waals surface area contributed by atoms with Gasteiger partial charge in [-0.1, -0.05) is 29.8 Å². The van der Waals surface area contributed by atoms with Crippen molar-refractivity contribution >= 4 is 17.7 Å². The third-order valence-electron chi connectivity index (χ3n) is 3.74. The monoisotopic (exact) mass is 346 g/mol. The summed E-state index contributed by atoms with van der Waals surface area (Å²) < 4.78 is 13.4. The molecule has 0 aliphatic heterocycles. The first kappa shape index (κ1) is 18.5. The molecule has 0 saturated carbocycles. The van der Waals surface area contributed by atoms with Crippen LogP contribution in [0.4, 0.5) is 4.39 Å². The van der Waals surface area contributed by atoms with Gasteiger partial charge in [-0.3, -0.25) is 4.79 Å². The lowest BCUT2D eigenvalue weighted by Gasteiger charge is -2.25. The van der Waals surface area contributed by atoms with Crippen LogP contribution in [0, 0.1) is 12.7 Å². The van der Waals surface area contributed by atoms with Crippen molar-refractivity contribution < 1.29 is 9.18 Å². The number of halogens is 1. The second kappa shape index (κ2) is 8.85. The first-order valence-corrected chi connectivity index (χ1v) is 8.82. The van der Waals surface area contributed by atoms with Crippen LogP contribution >= 0.6 is 11.8 Å². The molecule has 0 radical (unpaired) electrons. The third-order valence-corrected chi connectivity index (χ3v) is 4.75. The van der Waals surface area contributed by atoms with Crippen molar-refractivity contribution in [1.82, 2.24) is 10.2 Å². The lowest BCUT2D eigenvalue weighted by molar-refractivity contribution is -0.118. The van der Waals surface area contributed by atoms with Crippen molar-refractivity contribution in [1.29, 1.82) is 0 Å². The van der Waals surface area contributed by atoms with E-state index in [1.54, 1.807) is 6.07 Å². The summed E-state index contributed by atoms with van der Waals surface area (Å²) in [6, 6.07) is 14.5. The van der Waals surface area contributed by atoms with Gasteiger partial charge in [0.2, 0.25) is 5.91 Å². The van der Waals surface area contributed by atoms with Gasteiger partial charge >= 0.3 is 0 Å². The molecule has 0 bridgehead atoms. The Morgan fingerprint density at radius 2 is 1.92 bits per heavy atom. The van der Waals surface area contributed by atoms with Crippen LogP contribution in [0.5, 0.6) is 0 Å². The Kier molecular flexibility index (Phi) is 6.82. The third kappa shape index (κ3) is 5.65. The molecule has 2 aromatic rings. The van der Waals surface area contributed by atoms with E-state index in [4.69, 9.17) is 0 Å². The lowest BCUT2D eigenvalue weighted by Crippen LogP contribution is -2.35. The molecular weight excluding hydrogens is 323 g/mol. The maximum atomic E-state index is 13.4. The summed E-state index contributed by atoms with van der Waals surface area (Å²) in [5, 5.41) is 2.94. The van der Waals surface area contributed by atoms with Crippen LogP contribution < -0.4 is 5.32 Å². The minimum absolute atomic E-state index is 0.0242. The van der Waals surface area contributed by atoms with Crippen LogP contribution in [0.1, 0.15) is 17.2 Å². The van der Waals surface area contributed by atoms with E-state index in [0.717, 1.165) is 10.5 Å². The highest BCUT2D eigenvalue weighted by Crippen LogP contribution is 2.20. The van der Waals surface area contributed by atoms with Gasteiger partial charge in [0, 0.05) is 11.4 Å². The number of rotatable bonds is 7. The van der Waals surface area contributed by atoms with Crippen molar-refractivity contribution in [2.45, 2.75) is 17.9 Å². The van der Waals surface area contributed by atoms with E-state index >= 15 is 0 Å². The minimum Gasteiger partial charge on any atom is -0.353 e. The molecule has 0 aromatic heterocycles. The number of likely N-dealkylation sites (N-methyl/N-ethyl adjacent to an activating group) is 1. The fourth-order valence-corrected chi connectivity index (χ4v) is 3.09. The van der Waals surface area contributed by atoms with Crippen LogP contribution in [0.25, 0.3) is 0 Å². The maximum Gasteiger partial charge on any atom is 0.230 e. The van der Waals surface area contributed by atoms with E-state index in [0.29, 0.717) is 12.3 Å². The molecule has 0 spiro atoms. The number of nitrogens with one attached hydrogen (secondary N) is 1. The fraction of sp³-hybridized carbons (Fsp3) is 0.316. The topological polar surface area (TPSA) is 32.3 Å². The number of thioether (sulfide) groups is 1. The molecule has 5 heteroatoms. The molecule has 1 unspecified atom stereocenters. The second-order valence-electron chi connectivity index (χ2n) is 5.94. The molecule has 0 fully saturated rings. The Morgan fingerprint density at radius 3 is 2.54 bits per heavy atom. The van der Waals surface area contributed by atoms with Crippen LogP contribution in [0.15, 0.2) is 53.4 Å². The van der Waals surface area contributed by atoms with Crippen molar-refractivity contribution in [2.75, 3.05) is 26.4 Å². The summed E-state index contributed by atoms with van der Waals surface area (Å²) in [5.74, 6) is 0.0799. The summed E-state index contributed by atoms with van der Waals surface area (Å²) in [5.41, 5.74) is 2.05. The number of nitrogens with zero attached hydrogens (tertiary/aromatic N) is 1. The quantitative estimate of drug-likeness (QED) is 0.777. The molecule has 1 amide bonds. The van der Waals surface area contributed by atoms with E-state index in [1.165, 1.54) is 29.5 Å². The normalized spacial score (nSPS) is 12.2. The predicted octanol–water partition coefficient (Wildman–Crippen LogP) is 3.65. The van der Waals surface area contributed by atoms with E-state index < -0.39 is 0 Å². The van der Waals surface area contributed by atoms with E-state index in [2.05, 4.69) is 5.32 Å². The van der Waals surface area contributed by atoms with Crippen LogP contribution in [0.3, 0.4) is 0 Å². The first-order valence-electron chi connectivity index (χ1n) is 7.84. The van der Waals surface area contributed by atoms with Gasteiger partial charge in [-0.15, -0.1) is 11.8 Å². The fourth-order valence-electron chi connectivity index (χ4n) is 2.36. The molecule has 3 nitrogen and oxygen atoms in total. The highest BCUT2D eigenvalue weighted by molar-refractivity contribution is 8.00. The van der Waals surface area contributed by atoms with E-state index in [9.17, 15) is 9.18 Å². The molecule has 0 saturated heterocycles. The zero-order valence-corrected chi connectivity index (χ0v) is 15.1. The Hall–Kier alpha value is -1.85. The molecule has 2 rings (SSSR count). The summed E-state index contributed by atoms with van der Waals surface area (Å²) in [7, 11) is 3.84. The molecule has 0 aliphatic carbocycles. The number of benzene rings is 2. The van der Waals surface area contributed by atoms with Crippen molar-refractivity contribution in [3.8, 4) is 0 Å². The number of hydrogen-bond donors (Lipinski definition) is 1. The zero-order valence-electron chi connectivity index (χ0n) is 14.3. The maximum absolute atomic E-state index is 13.4. The number of aryl methyl sites for hydroxylation is 1. The molecule has 1 N–H and O–H groups in total. The highest BCUT2D eigenvalue weighted by atomic mass is 32.2. The summed E-state index contributed by atoms with van der Waals surface area (Å²) in [6.45, 7) is 2.48. The van der Waals surface area contributed by atoms with Gasteiger partial charge < -0.3 is 10.2 Å². The standard InChI is InChI=1S/C19H23FN2OS/c1-14-7-9-17(10-8-14)24-13-19(23)21-12-18(22(2)3)15-5-4-6-16(20)11-15/h4-11,18H,12-13H2,1-3H3,(H,21,23).